The van der Waals surface area contributed by atoms with Crippen LogP contribution >= 0.6 is 0 Å². The Labute approximate surface area is 151 Å². The predicted molar refractivity (Wildman–Crippen MR) is 99.9 cm³/mol. The lowest BCUT2D eigenvalue weighted by atomic mass is 9.77. The average Bonchev–Trinajstić information content (AvgIpc) is 2.63. The van der Waals surface area contributed by atoms with Gasteiger partial charge in [0, 0.05) is 0 Å². The molecule has 2 rings (SSSR count). The Morgan fingerprint density at radius 1 is 1.00 bits per heavy atom. The normalized spacial score (nSPS) is 21.0. The highest BCUT2D eigenvalue weighted by Gasteiger charge is 2.26. The van der Waals surface area contributed by atoms with E-state index >= 15 is 0 Å². The molecule has 0 atom stereocenters. The van der Waals surface area contributed by atoms with Crippen molar-refractivity contribution in [1.82, 2.24) is 0 Å². The van der Waals surface area contributed by atoms with Crippen molar-refractivity contribution in [3.05, 3.63) is 41.7 Å². The van der Waals surface area contributed by atoms with E-state index < -0.39 is 11.6 Å². The van der Waals surface area contributed by atoms with Crippen molar-refractivity contribution < 1.29 is 13.5 Å². The molecule has 1 aliphatic carbocycles. The smallest absolute Gasteiger partial charge is 0.201 e. The summed E-state index contributed by atoms with van der Waals surface area (Å²) in [4.78, 5) is 0. The minimum Gasteiger partial charge on any atom is -0.462 e. The summed E-state index contributed by atoms with van der Waals surface area (Å²) in [5, 5.41) is 0. The molecule has 1 aliphatic rings. The highest BCUT2D eigenvalue weighted by Crippen LogP contribution is 2.39. The first-order chi connectivity index (χ1) is 12.2. The number of ether oxygens (including phenoxy) is 1. The van der Waals surface area contributed by atoms with E-state index in [1.165, 1.54) is 25.5 Å². The quantitative estimate of drug-likeness (QED) is 0.331. The van der Waals surface area contributed by atoms with Crippen LogP contribution in [0.4, 0.5) is 8.78 Å². The first kappa shape index (κ1) is 19.9. The van der Waals surface area contributed by atoms with Gasteiger partial charge in [-0.1, -0.05) is 45.6 Å². The molecule has 0 radical (unpaired) electrons. The van der Waals surface area contributed by atoms with Crippen LogP contribution < -0.4 is 4.74 Å². The molecule has 25 heavy (non-hydrogen) atoms. The molecule has 0 N–H and O–H groups in total. The van der Waals surface area contributed by atoms with Crippen LogP contribution in [-0.4, -0.2) is 0 Å². The largest absolute Gasteiger partial charge is 0.462 e. The highest BCUT2D eigenvalue weighted by molar-refractivity contribution is 5.33. The van der Waals surface area contributed by atoms with Crippen molar-refractivity contribution in [2.24, 2.45) is 5.92 Å². The Hall–Kier alpha value is -1.38. The van der Waals surface area contributed by atoms with Gasteiger partial charge in [-0.25, -0.2) is 4.39 Å². The maximum Gasteiger partial charge on any atom is 0.201 e. The fourth-order valence-electron chi connectivity index (χ4n) is 3.83. The maximum absolute atomic E-state index is 14.5. The first-order valence-corrected chi connectivity index (χ1v) is 9.96. The van der Waals surface area contributed by atoms with E-state index in [9.17, 15) is 8.78 Å². The van der Waals surface area contributed by atoms with Gasteiger partial charge in [0.05, 0.1) is 6.26 Å². The van der Waals surface area contributed by atoms with Crippen molar-refractivity contribution in [3.63, 3.8) is 0 Å². The van der Waals surface area contributed by atoms with Gasteiger partial charge >= 0.3 is 0 Å². The summed E-state index contributed by atoms with van der Waals surface area (Å²) in [5.41, 5.74) is 0.520. The van der Waals surface area contributed by atoms with Crippen molar-refractivity contribution in [3.8, 4) is 5.75 Å². The third-order valence-electron chi connectivity index (χ3n) is 5.33. The summed E-state index contributed by atoms with van der Waals surface area (Å²) < 4.78 is 34.1. The van der Waals surface area contributed by atoms with Crippen LogP contribution in [0.25, 0.3) is 0 Å². The molecule has 3 heteroatoms. The van der Waals surface area contributed by atoms with E-state index in [0.29, 0.717) is 5.56 Å². The van der Waals surface area contributed by atoms with E-state index in [0.717, 1.165) is 50.9 Å². The van der Waals surface area contributed by atoms with Crippen LogP contribution in [0.2, 0.25) is 0 Å². The average molecular weight is 350 g/mol. The third-order valence-corrected chi connectivity index (χ3v) is 5.33. The molecule has 0 unspecified atom stereocenters. The lowest BCUT2D eigenvalue weighted by molar-refractivity contribution is 0.302. The van der Waals surface area contributed by atoms with E-state index in [1.54, 1.807) is 12.1 Å². The van der Waals surface area contributed by atoms with Gasteiger partial charge in [-0.15, -0.1) is 0 Å². The second-order valence-corrected chi connectivity index (χ2v) is 7.27. The van der Waals surface area contributed by atoms with Crippen molar-refractivity contribution in [1.29, 1.82) is 0 Å². The van der Waals surface area contributed by atoms with Crippen LogP contribution in [0.5, 0.6) is 5.75 Å². The zero-order chi connectivity index (χ0) is 18.1. The molecule has 1 aromatic carbocycles. The molecule has 0 aromatic heterocycles. The van der Waals surface area contributed by atoms with Crippen LogP contribution in [0.3, 0.4) is 0 Å². The van der Waals surface area contributed by atoms with Crippen molar-refractivity contribution in [2.75, 3.05) is 0 Å². The minimum atomic E-state index is -0.855. The second-order valence-electron chi connectivity index (χ2n) is 7.27. The fourth-order valence-corrected chi connectivity index (χ4v) is 3.83. The third kappa shape index (κ3) is 5.83. The van der Waals surface area contributed by atoms with Crippen molar-refractivity contribution >= 4 is 0 Å². The predicted octanol–water partition coefficient (Wildman–Crippen LogP) is 7.51. The van der Waals surface area contributed by atoms with Gasteiger partial charge in [0.1, 0.15) is 0 Å². The molecular formula is C22H32F2O. The zero-order valence-corrected chi connectivity index (χ0v) is 15.7. The molecule has 0 amide bonds. The second kappa shape index (κ2) is 10.6. The number of allylic oxidation sites excluding steroid dienone is 1. The zero-order valence-electron chi connectivity index (χ0n) is 15.7. The summed E-state index contributed by atoms with van der Waals surface area (Å²) in [6, 6.07) is 3.28. The van der Waals surface area contributed by atoms with E-state index in [2.05, 4.69) is 13.8 Å². The summed E-state index contributed by atoms with van der Waals surface area (Å²) in [7, 11) is 0. The highest BCUT2D eigenvalue weighted by atomic mass is 19.2. The van der Waals surface area contributed by atoms with Crippen LogP contribution in [0.1, 0.15) is 89.5 Å². The molecule has 140 valence electrons. The van der Waals surface area contributed by atoms with E-state index in [1.807, 2.05) is 6.08 Å². The summed E-state index contributed by atoms with van der Waals surface area (Å²) in [5.74, 6) is -0.703. The number of hydrogen-bond donors (Lipinski definition) is 0. The molecular weight excluding hydrogens is 318 g/mol. The molecule has 1 fully saturated rings. The number of unbranched alkanes of at least 4 members (excludes halogenated alkanes) is 3. The summed E-state index contributed by atoms with van der Waals surface area (Å²) in [6.45, 7) is 4.36. The van der Waals surface area contributed by atoms with Crippen LogP contribution in [0.15, 0.2) is 24.5 Å². The van der Waals surface area contributed by atoms with Gasteiger partial charge < -0.3 is 4.74 Å². The Morgan fingerprint density at radius 2 is 1.76 bits per heavy atom. The molecule has 0 spiro atoms. The van der Waals surface area contributed by atoms with Crippen molar-refractivity contribution in [2.45, 2.75) is 84.0 Å². The van der Waals surface area contributed by atoms with Gasteiger partial charge in [-0.3, -0.25) is 0 Å². The minimum absolute atomic E-state index is 0.0207. The van der Waals surface area contributed by atoms with Gasteiger partial charge in [-0.2, -0.15) is 4.39 Å². The van der Waals surface area contributed by atoms with Crippen LogP contribution in [-0.2, 0) is 0 Å². The molecule has 0 heterocycles. The Bertz CT molecular complexity index is 545. The number of rotatable bonds is 9. The van der Waals surface area contributed by atoms with Gasteiger partial charge in [0.2, 0.25) is 5.82 Å². The molecule has 0 bridgehead atoms. The Kier molecular flexibility index (Phi) is 8.43. The Morgan fingerprint density at radius 3 is 2.44 bits per heavy atom. The molecule has 0 saturated heterocycles. The SMILES string of the molecule is CCCCC/C=C/Oc1ccc(C2CCC(CCC)CC2)c(F)c1F. The Balaban J connectivity index is 1.93. The lowest BCUT2D eigenvalue weighted by Crippen LogP contribution is -2.14. The number of hydrogen-bond acceptors (Lipinski definition) is 1. The number of benzene rings is 1. The topological polar surface area (TPSA) is 9.23 Å². The molecule has 1 saturated carbocycles. The van der Waals surface area contributed by atoms with Gasteiger partial charge in [0.15, 0.2) is 11.6 Å². The molecule has 1 nitrogen and oxygen atoms in total. The summed E-state index contributed by atoms with van der Waals surface area (Å²) in [6.07, 6.45) is 14.3. The molecule has 0 aliphatic heterocycles. The maximum atomic E-state index is 14.5. The first-order valence-electron chi connectivity index (χ1n) is 9.96. The van der Waals surface area contributed by atoms with Crippen LogP contribution in [0, 0.1) is 17.6 Å². The van der Waals surface area contributed by atoms with E-state index in [-0.39, 0.29) is 11.7 Å². The molecule has 1 aromatic rings. The standard InChI is InChI=1S/C22H32F2O/c1-3-5-6-7-8-16-25-20-15-14-19(21(23)22(20)24)18-12-10-17(9-4-2)11-13-18/h8,14-18H,3-7,9-13H2,1-2H3/b16-8+. The summed E-state index contributed by atoms with van der Waals surface area (Å²) >= 11 is 0. The monoisotopic (exact) mass is 350 g/mol. The fraction of sp³-hybridized carbons (Fsp3) is 0.636. The lowest BCUT2D eigenvalue weighted by Gasteiger charge is -2.29. The van der Waals surface area contributed by atoms with Gasteiger partial charge in [-0.05, 0) is 68.1 Å². The van der Waals surface area contributed by atoms with E-state index in [4.69, 9.17) is 4.74 Å². The van der Waals surface area contributed by atoms with Gasteiger partial charge in [0.25, 0.3) is 0 Å². The number of halogens is 2.